The van der Waals surface area contributed by atoms with Crippen molar-refractivity contribution in [3.05, 3.63) is 23.8 Å². The highest BCUT2D eigenvalue weighted by Crippen LogP contribution is 2.35. The second-order valence-corrected chi connectivity index (χ2v) is 12.0. The third kappa shape index (κ3) is 6.51. The average molecular weight is 493 g/mol. The first-order valence-corrected chi connectivity index (χ1v) is 13.2. The molecule has 8 nitrogen and oxygen atoms in total. The zero-order valence-electron chi connectivity index (χ0n) is 20.6. The molecule has 3 rings (SSSR count). The summed E-state index contributed by atoms with van der Waals surface area (Å²) in [6, 6.07) is 3.96. The van der Waals surface area contributed by atoms with Crippen LogP contribution in [-0.4, -0.2) is 78.2 Å². The van der Waals surface area contributed by atoms with Crippen LogP contribution in [0.3, 0.4) is 0 Å². The predicted molar refractivity (Wildman–Crippen MR) is 129 cm³/mol. The Bertz CT molecular complexity index is 1070. The van der Waals surface area contributed by atoms with Gasteiger partial charge in [-0.05, 0) is 57.7 Å². The van der Waals surface area contributed by atoms with E-state index in [4.69, 9.17) is 4.74 Å². The molecule has 1 aliphatic carbocycles. The van der Waals surface area contributed by atoms with Crippen molar-refractivity contribution in [1.29, 1.82) is 0 Å². The lowest BCUT2D eigenvalue weighted by Crippen LogP contribution is -2.50. The van der Waals surface area contributed by atoms with Crippen molar-refractivity contribution in [2.24, 2.45) is 11.8 Å². The van der Waals surface area contributed by atoms with Gasteiger partial charge in [0.1, 0.15) is 22.4 Å². The number of rotatable bonds is 6. The normalized spacial score (nSPS) is 23.4. The van der Waals surface area contributed by atoms with Crippen LogP contribution in [0.25, 0.3) is 0 Å². The van der Waals surface area contributed by atoms with Gasteiger partial charge in [-0.1, -0.05) is 18.8 Å². The highest BCUT2D eigenvalue weighted by molar-refractivity contribution is 7.89. The smallest absolute Gasteiger partial charge is 0.247 e. The monoisotopic (exact) mass is 492 g/mol. The van der Waals surface area contributed by atoms with E-state index >= 15 is 0 Å². The molecule has 188 valence electrons. The van der Waals surface area contributed by atoms with E-state index in [1.807, 2.05) is 6.92 Å². The number of sulfonamides is 1. The molecule has 1 fully saturated rings. The molecule has 1 aromatic rings. The molecule has 0 spiro atoms. The number of carbonyl (C=O) groups excluding carboxylic acids is 1. The van der Waals surface area contributed by atoms with E-state index < -0.39 is 27.8 Å². The van der Waals surface area contributed by atoms with E-state index in [0.717, 1.165) is 12.8 Å². The molecule has 2 N–H and O–H groups in total. The van der Waals surface area contributed by atoms with Gasteiger partial charge in [-0.25, -0.2) is 8.42 Å². The van der Waals surface area contributed by atoms with Crippen LogP contribution in [0.1, 0.15) is 52.5 Å². The number of carbonyl (C=O) groups is 1. The van der Waals surface area contributed by atoms with Crippen LogP contribution in [0.5, 0.6) is 5.75 Å². The molecule has 0 radical (unpaired) electrons. The summed E-state index contributed by atoms with van der Waals surface area (Å²) >= 11 is 0. The Morgan fingerprint density at radius 1 is 1.35 bits per heavy atom. The van der Waals surface area contributed by atoms with Crippen LogP contribution in [0.15, 0.2) is 23.1 Å². The molecular formula is C25H36N2O6S. The Labute approximate surface area is 202 Å². The highest BCUT2D eigenvalue weighted by Gasteiger charge is 2.38. The quantitative estimate of drug-likeness (QED) is 0.587. The van der Waals surface area contributed by atoms with Gasteiger partial charge < -0.3 is 19.8 Å². The number of nitrogens with zero attached hydrogens (tertiary/aromatic N) is 2. The number of amides is 1. The molecule has 34 heavy (non-hydrogen) atoms. The second-order valence-electron chi connectivity index (χ2n) is 10.1. The fourth-order valence-electron chi connectivity index (χ4n) is 3.84. The molecule has 0 unspecified atom stereocenters. The van der Waals surface area contributed by atoms with E-state index in [9.17, 15) is 23.4 Å². The number of likely N-dealkylation sites (N-methyl/N-ethyl adjacent to an activating group) is 1. The number of hydrogen-bond donors (Lipinski definition) is 2. The third-order valence-electron chi connectivity index (χ3n) is 6.22. The van der Waals surface area contributed by atoms with E-state index in [-0.39, 0.29) is 35.6 Å². The summed E-state index contributed by atoms with van der Waals surface area (Å²) in [5.74, 6) is 6.01. The number of benzene rings is 1. The summed E-state index contributed by atoms with van der Waals surface area (Å²) in [7, 11) is -2.21. The van der Waals surface area contributed by atoms with Gasteiger partial charge in [0.05, 0.1) is 13.2 Å². The summed E-state index contributed by atoms with van der Waals surface area (Å²) in [5, 5.41) is 19.7. The third-order valence-corrected chi connectivity index (χ3v) is 8.24. The number of aliphatic hydroxyl groups is 2. The number of aliphatic hydroxyl groups excluding tert-OH is 1. The molecule has 3 atom stereocenters. The summed E-state index contributed by atoms with van der Waals surface area (Å²) in [6.07, 6.45) is 2.23. The van der Waals surface area contributed by atoms with E-state index in [1.165, 1.54) is 10.4 Å². The lowest BCUT2D eigenvalue weighted by atomic mass is 10.0. The molecule has 1 aliphatic heterocycles. The predicted octanol–water partition coefficient (Wildman–Crippen LogP) is 1.84. The van der Waals surface area contributed by atoms with Crippen LogP contribution >= 0.6 is 0 Å². The number of fused-ring (bicyclic) bond motifs is 1. The SMILES string of the molecule is C[C@H](CO)N1C[C@H](C)[C@H](CN(C)C(=O)CC2CC2)Oc2cc(C#CC(C)(C)O)ccc2S1(=O)=O. The molecule has 1 amide bonds. The second kappa shape index (κ2) is 10.2. The summed E-state index contributed by atoms with van der Waals surface area (Å²) in [5.41, 5.74) is -0.699. The molecule has 0 saturated heterocycles. The molecule has 0 aromatic heterocycles. The number of hydrogen-bond acceptors (Lipinski definition) is 6. The van der Waals surface area contributed by atoms with Crippen molar-refractivity contribution >= 4 is 15.9 Å². The van der Waals surface area contributed by atoms with Gasteiger partial charge in [0, 0.05) is 37.5 Å². The molecule has 9 heteroatoms. The Morgan fingerprint density at radius 3 is 2.62 bits per heavy atom. The topological polar surface area (TPSA) is 107 Å². The van der Waals surface area contributed by atoms with Crippen LogP contribution in [0, 0.1) is 23.7 Å². The zero-order chi connectivity index (χ0) is 25.3. The van der Waals surface area contributed by atoms with Gasteiger partial charge in [-0.15, -0.1) is 0 Å². The average Bonchev–Trinajstić information content (AvgIpc) is 3.57. The Morgan fingerprint density at radius 2 is 2.03 bits per heavy atom. The van der Waals surface area contributed by atoms with Crippen molar-refractivity contribution in [2.45, 2.75) is 69.6 Å². The maximum absolute atomic E-state index is 13.5. The lowest BCUT2D eigenvalue weighted by Gasteiger charge is -2.37. The van der Waals surface area contributed by atoms with Gasteiger partial charge in [0.25, 0.3) is 0 Å². The Balaban J connectivity index is 2.00. The summed E-state index contributed by atoms with van der Waals surface area (Å²) < 4.78 is 34.6. The van der Waals surface area contributed by atoms with Crippen LogP contribution in [-0.2, 0) is 14.8 Å². The minimum absolute atomic E-state index is 0.00883. The largest absolute Gasteiger partial charge is 0.487 e. The van der Waals surface area contributed by atoms with Gasteiger partial charge in [-0.3, -0.25) is 4.79 Å². The fraction of sp³-hybridized carbons (Fsp3) is 0.640. The standard InChI is InChI=1S/C25H36N2O6S/c1-17-14-27(18(2)16-28)34(31,32)23-9-8-20(10-11-25(3,4)30)12-21(23)33-22(17)15-26(5)24(29)13-19-6-7-19/h8-9,12,17-19,22,28,30H,6-7,13-16H2,1-5H3/t17-,18+,22-/m0/s1. The van der Waals surface area contributed by atoms with Gasteiger partial charge >= 0.3 is 0 Å². The minimum atomic E-state index is -3.95. The molecule has 1 saturated carbocycles. The van der Waals surface area contributed by atoms with Crippen molar-refractivity contribution < 1.29 is 28.2 Å². The maximum Gasteiger partial charge on any atom is 0.247 e. The summed E-state index contributed by atoms with van der Waals surface area (Å²) in [4.78, 5) is 14.3. The maximum atomic E-state index is 13.5. The lowest BCUT2D eigenvalue weighted by molar-refractivity contribution is -0.131. The fourth-order valence-corrected chi connectivity index (χ4v) is 5.67. The molecular weight excluding hydrogens is 456 g/mol. The van der Waals surface area contributed by atoms with Crippen LogP contribution < -0.4 is 4.74 Å². The van der Waals surface area contributed by atoms with Crippen molar-refractivity contribution in [1.82, 2.24) is 9.21 Å². The van der Waals surface area contributed by atoms with Crippen LogP contribution in [0.2, 0.25) is 0 Å². The van der Waals surface area contributed by atoms with E-state index in [2.05, 4.69) is 11.8 Å². The molecule has 0 bridgehead atoms. The first kappa shape index (κ1) is 26.5. The molecule has 1 heterocycles. The van der Waals surface area contributed by atoms with Crippen LogP contribution in [0.4, 0.5) is 0 Å². The Kier molecular flexibility index (Phi) is 7.98. The molecule has 1 aromatic carbocycles. The molecule has 2 aliphatic rings. The minimum Gasteiger partial charge on any atom is -0.487 e. The van der Waals surface area contributed by atoms with Gasteiger partial charge in [0.15, 0.2) is 0 Å². The zero-order valence-corrected chi connectivity index (χ0v) is 21.4. The van der Waals surface area contributed by atoms with Crippen molar-refractivity contribution in [3.8, 4) is 17.6 Å². The van der Waals surface area contributed by atoms with E-state index in [1.54, 1.807) is 44.9 Å². The highest BCUT2D eigenvalue weighted by atomic mass is 32.2. The first-order valence-electron chi connectivity index (χ1n) is 11.7. The van der Waals surface area contributed by atoms with E-state index in [0.29, 0.717) is 24.4 Å². The van der Waals surface area contributed by atoms with Crippen molar-refractivity contribution in [3.63, 3.8) is 0 Å². The Hall–Kier alpha value is -2.12. The summed E-state index contributed by atoms with van der Waals surface area (Å²) in [6.45, 7) is 6.83. The number of ether oxygens (including phenoxy) is 1. The van der Waals surface area contributed by atoms with Gasteiger partial charge in [0.2, 0.25) is 15.9 Å². The van der Waals surface area contributed by atoms with Gasteiger partial charge in [-0.2, -0.15) is 4.31 Å². The van der Waals surface area contributed by atoms with Crippen molar-refractivity contribution in [2.75, 3.05) is 26.7 Å². The first-order chi connectivity index (χ1) is 15.8.